The fraction of sp³-hybridized carbons (Fsp3) is 0.154. The van der Waals surface area contributed by atoms with Gasteiger partial charge in [-0.05, 0) is 19.1 Å². The summed E-state index contributed by atoms with van der Waals surface area (Å²) in [6, 6.07) is 4.67. The molecule has 1 aromatic rings. The Morgan fingerprint density at radius 1 is 1.38 bits per heavy atom. The molecule has 0 aliphatic rings. The first kappa shape index (κ1) is 16.1. The zero-order valence-electron chi connectivity index (χ0n) is 10.9. The molecule has 0 bridgehead atoms. The van der Waals surface area contributed by atoms with Gasteiger partial charge in [0.25, 0.3) is 5.91 Å². The number of imide groups is 1. The van der Waals surface area contributed by atoms with Gasteiger partial charge in [0.15, 0.2) is 0 Å². The van der Waals surface area contributed by atoms with Crippen LogP contribution in [-0.2, 0) is 9.53 Å². The number of para-hydroxylation sites is 1. The van der Waals surface area contributed by atoms with Gasteiger partial charge in [-0.3, -0.25) is 10.1 Å². The lowest BCUT2D eigenvalue weighted by Crippen LogP contribution is -2.32. The first-order valence-electron chi connectivity index (χ1n) is 5.78. The fourth-order valence-electron chi connectivity index (χ4n) is 1.26. The molecule has 0 fully saturated rings. The molecular formula is C13H11F2N3O3. The average Bonchev–Trinajstić information content (AvgIpc) is 2.42. The summed E-state index contributed by atoms with van der Waals surface area (Å²) in [7, 11) is 0. The maximum absolute atomic E-state index is 13.3. The van der Waals surface area contributed by atoms with E-state index in [-0.39, 0.29) is 6.61 Å². The molecule has 2 amide bonds. The summed E-state index contributed by atoms with van der Waals surface area (Å²) in [6.45, 7) is 1.58. The Morgan fingerprint density at radius 2 is 2.00 bits per heavy atom. The van der Waals surface area contributed by atoms with Crippen molar-refractivity contribution in [1.82, 2.24) is 5.32 Å². The maximum atomic E-state index is 13.3. The van der Waals surface area contributed by atoms with Crippen molar-refractivity contribution in [2.75, 3.05) is 11.9 Å². The van der Waals surface area contributed by atoms with Crippen molar-refractivity contribution < 1.29 is 23.1 Å². The number of hydrogen-bond donors (Lipinski definition) is 2. The van der Waals surface area contributed by atoms with Crippen LogP contribution < -0.4 is 10.6 Å². The van der Waals surface area contributed by atoms with Crippen molar-refractivity contribution in [3.8, 4) is 6.07 Å². The van der Waals surface area contributed by atoms with E-state index in [1.54, 1.807) is 5.32 Å². The van der Waals surface area contributed by atoms with Gasteiger partial charge >= 0.3 is 6.09 Å². The van der Waals surface area contributed by atoms with E-state index in [2.05, 4.69) is 10.1 Å². The van der Waals surface area contributed by atoms with E-state index in [1.165, 1.54) is 13.0 Å². The van der Waals surface area contributed by atoms with Gasteiger partial charge in [-0.1, -0.05) is 6.07 Å². The number of carbonyl (C=O) groups excluding carboxylic acids is 2. The Morgan fingerprint density at radius 3 is 2.52 bits per heavy atom. The highest BCUT2D eigenvalue weighted by atomic mass is 19.1. The normalized spacial score (nSPS) is 10.5. The number of halogens is 2. The number of amides is 2. The van der Waals surface area contributed by atoms with Crippen LogP contribution in [0.5, 0.6) is 0 Å². The van der Waals surface area contributed by atoms with Crippen molar-refractivity contribution in [2.45, 2.75) is 6.92 Å². The zero-order valence-corrected chi connectivity index (χ0v) is 10.9. The van der Waals surface area contributed by atoms with Gasteiger partial charge in [0.2, 0.25) is 0 Å². The van der Waals surface area contributed by atoms with E-state index in [0.29, 0.717) is 0 Å². The van der Waals surface area contributed by atoms with E-state index < -0.39 is 34.9 Å². The Labute approximate surface area is 119 Å². The van der Waals surface area contributed by atoms with Crippen LogP contribution in [0.2, 0.25) is 0 Å². The number of benzene rings is 1. The van der Waals surface area contributed by atoms with Crippen LogP contribution in [-0.4, -0.2) is 18.6 Å². The lowest BCUT2D eigenvalue weighted by molar-refractivity contribution is -0.116. The highest BCUT2D eigenvalue weighted by Gasteiger charge is 2.14. The predicted molar refractivity (Wildman–Crippen MR) is 68.8 cm³/mol. The summed E-state index contributed by atoms with van der Waals surface area (Å²) in [5.74, 6) is -2.84. The van der Waals surface area contributed by atoms with Crippen LogP contribution in [0.4, 0.5) is 19.3 Å². The second-order valence-corrected chi connectivity index (χ2v) is 3.59. The fourth-order valence-corrected chi connectivity index (χ4v) is 1.26. The zero-order chi connectivity index (χ0) is 15.8. The number of ether oxygens (including phenoxy) is 1. The second-order valence-electron chi connectivity index (χ2n) is 3.59. The molecule has 0 saturated carbocycles. The largest absolute Gasteiger partial charge is 0.450 e. The molecule has 0 aromatic heterocycles. The molecule has 0 saturated heterocycles. The third-order valence-corrected chi connectivity index (χ3v) is 2.18. The molecule has 1 aromatic carbocycles. The van der Waals surface area contributed by atoms with Gasteiger partial charge < -0.3 is 10.1 Å². The van der Waals surface area contributed by atoms with Crippen molar-refractivity contribution >= 4 is 17.7 Å². The average molecular weight is 295 g/mol. The Bertz CT molecular complexity index is 603. The van der Waals surface area contributed by atoms with Crippen molar-refractivity contribution in [1.29, 1.82) is 5.26 Å². The van der Waals surface area contributed by atoms with Gasteiger partial charge in [-0.25, -0.2) is 13.6 Å². The first-order valence-corrected chi connectivity index (χ1v) is 5.78. The topological polar surface area (TPSA) is 91.2 Å². The number of nitrogens with zero attached hydrogens (tertiary/aromatic N) is 1. The number of nitriles is 1. The maximum Gasteiger partial charge on any atom is 0.414 e. The summed E-state index contributed by atoms with van der Waals surface area (Å²) >= 11 is 0. The minimum absolute atomic E-state index is 0.0450. The smallest absolute Gasteiger partial charge is 0.414 e. The van der Waals surface area contributed by atoms with Crippen LogP contribution in [0, 0.1) is 23.0 Å². The molecule has 6 nitrogen and oxygen atoms in total. The molecule has 0 radical (unpaired) electrons. The minimum Gasteiger partial charge on any atom is -0.450 e. The third kappa shape index (κ3) is 4.58. The molecule has 0 spiro atoms. The van der Waals surface area contributed by atoms with Gasteiger partial charge in [0.05, 0.1) is 6.61 Å². The molecule has 0 atom stereocenters. The number of anilines is 1. The lowest BCUT2D eigenvalue weighted by Gasteiger charge is -2.05. The van der Waals surface area contributed by atoms with Crippen LogP contribution in [0.15, 0.2) is 30.0 Å². The minimum atomic E-state index is -1.06. The monoisotopic (exact) mass is 295 g/mol. The number of alkyl carbamates (subject to hydrolysis) is 1. The van der Waals surface area contributed by atoms with Crippen LogP contribution in [0.3, 0.4) is 0 Å². The van der Waals surface area contributed by atoms with Gasteiger partial charge in [0.1, 0.15) is 29.0 Å². The summed E-state index contributed by atoms with van der Waals surface area (Å²) < 4.78 is 31.1. The SMILES string of the molecule is CCOC(=O)NC(=O)/C(C#N)=C\Nc1c(F)cccc1F. The molecule has 1 rings (SSSR count). The van der Waals surface area contributed by atoms with Gasteiger partial charge in [-0.2, -0.15) is 5.26 Å². The van der Waals surface area contributed by atoms with Crippen molar-refractivity contribution in [3.05, 3.63) is 41.6 Å². The molecule has 8 heteroatoms. The van der Waals surface area contributed by atoms with Crippen LogP contribution in [0.25, 0.3) is 0 Å². The highest BCUT2D eigenvalue weighted by Crippen LogP contribution is 2.18. The van der Waals surface area contributed by atoms with Crippen LogP contribution in [0.1, 0.15) is 6.92 Å². The lowest BCUT2D eigenvalue weighted by atomic mass is 10.2. The standard InChI is InChI=1S/C13H11F2N3O3/c1-2-21-13(20)18-12(19)8(6-16)7-17-11-9(14)4-3-5-10(11)15/h3-5,7,17H,2H2,1H3,(H,18,19,20)/b8-7-. The summed E-state index contributed by atoms with van der Waals surface area (Å²) in [6.07, 6.45) is -0.239. The highest BCUT2D eigenvalue weighted by molar-refractivity contribution is 6.05. The molecule has 0 aliphatic carbocycles. The Kier molecular flexibility index (Phi) is 5.82. The van der Waals surface area contributed by atoms with Crippen LogP contribution >= 0.6 is 0 Å². The Balaban J connectivity index is 2.83. The number of nitrogens with one attached hydrogen (secondary N) is 2. The summed E-state index contributed by atoms with van der Waals surface area (Å²) in [5.41, 5.74) is -1.07. The van der Waals surface area contributed by atoms with Crippen molar-refractivity contribution in [2.24, 2.45) is 0 Å². The molecular weight excluding hydrogens is 284 g/mol. The first-order chi connectivity index (χ1) is 9.99. The summed E-state index contributed by atoms with van der Waals surface area (Å²) in [5, 5.41) is 12.7. The number of carbonyl (C=O) groups is 2. The molecule has 21 heavy (non-hydrogen) atoms. The van der Waals surface area contributed by atoms with Gasteiger partial charge in [-0.15, -0.1) is 0 Å². The van der Waals surface area contributed by atoms with E-state index >= 15 is 0 Å². The molecule has 2 N–H and O–H groups in total. The van der Waals surface area contributed by atoms with E-state index in [4.69, 9.17) is 5.26 Å². The quantitative estimate of drug-likeness (QED) is 0.655. The molecule has 0 heterocycles. The van der Waals surface area contributed by atoms with Gasteiger partial charge in [0, 0.05) is 6.20 Å². The summed E-state index contributed by atoms with van der Waals surface area (Å²) in [4.78, 5) is 22.5. The number of rotatable bonds is 4. The molecule has 0 aliphatic heterocycles. The molecule has 110 valence electrons. The van der Waals surface area contributed by atoms with E-state index in [1.807, 2.05) is 0 Å². The van der Waals surface area contributed by atoms with E-state index in [0.717, 1.165) is 24.4 Å². The van der Waals surface area contributed by atoms with Crippen molar-refractivity contribution in [3.63, 3.8) is 0 Å². The van der Waals surface area contributed by atoms with E-state index in [9.17, 15) is 18.4 Å². The molecule has 0 unspecified atom stereocenters. The number of hydrogen-bond acceptors (Lipinski definition) is 5. The third-order valence-electron chi connectivity index (χ3n) is 2.18. The second kappa shape index (κ2) is 7.59. The predicted octanol–water partition coefficient (Wildman–Crippen LogP) is 2.06. The Hall–Kier alpha value is -2.95.